The van der Waals surface area contributed by atoms with Crippen LogP contribution in [0.1, 0.15) is 374 Å². The minimum Gasteiger partial charge on any atom is -0.462 e. The van der Waals surface area contributed by atoms with Gasteiger partial charge < -0.3 is 33.8 Å². The second-order valence-electron chi connectivity index (χ2n) is 27.4. The third-order valence-corrected chi connectivity index (χ3v) is 19.4. The maximum Gasteiger partial charge on any atom is 0.472 e. The van der Waals surface area contributed by atoms with Gasteiger partial charge in [-0.05, 0) is 128 Å². The lowest BCUT2D eigenvalue weighted by molar-refractivity contribution is -0.161. The number of ether oxygens (including phenoxy) is 4. The predicted molar refractivity (Wildman–Crippen MR) is 409 cm³/mol. The van der Waals surface area contributed by atoms with Crippen molar-refractivity contribution in [3.8, 4) is 0 Å². The van der Waals surface area contributed by atoms with Crippen LogP contribution >= 0.6 is 15.6 Å². The van der Waals surface area contributed by atoms with Gasteiger partial charge in [-0.1, -0.05) is 281 Å². The van der Waals surface area contributed by atoms with Crippen molar-refractivity contribution in [2.45, 2.75) is 393 Å². The first-order valence-corrected chi connectivity index (χ1v) is 43.5. The summed E-state index contributed by atoms with van der Waals surface area (Å²) in [5.74, 6) is -2.19. The topological polar surface area (TPSA) is 237 Å². The molecule has 3 N–H and O–H groups in total. The Morgan fingerprint density at radius 1 is 0.280 bits per heavy atom. The fourth-order valence-electron chi connectivity index (χ4n) is 11.2. The molecule has 2 unspecified atom stereocenters. The highest BCUT2D eigenvalue weighted by Gasteiger charge is 2.30. The minimum atomic E-state index is -4.98. The van der Waals surface area contributed by atoms with Crippen molar-refractivity contribution in [1.29, 1.82) is 0 Å². The Kier molecular flexibility index (Phi) is 71.6. The summed E-state index contributed by atoms with van der Waals surface area (Å²) < 4.78 is 68.6. The van der Waals surface area contributed by atoms with Gasteiger partial charge in [0.15, 0.2) is 12.2 Å². The van der Waals surface area contributed by atoms with E-state index in [9.17, 15) is 43.2 Å². The van der Waals surface area contributed by atoms with Crippen molar-refractivity contribution in [3.05, 3.63) is 60.8 Å². The lowest BCUT2D eigenvalue weighted by atomic mass is 10.1. The summed E-state index contributed by atoms with van der Waals surface area (Å²) in [7, 11) is -9.95. The zero-order valence-electron chi connectivity index (χ0n) is 63.9. The van der Waals surface area contributed by atoms with Gasteiger partial charge in [0.05, 0.1) is 26.4 Å². The second kappa shape index (κ2) is 74.0. The third-order valence-electron chi connectivity index (χ3n) is 17.5. The van der Waals surface area contributed by atoms with Crippen molar-refractivity contribution in [2.24, 2.45) is 0 Å². The Bertz CT molecular complexity index is 2130. The summed E-state index contributed by atoms with van der Waals surface area (Å²) in [6, 6.07) is 0. The fourth-order valence-corrected chi connectivity index (χ4v) is 12.8. The van der Waals surface area contributed by atoms with Crippen LogP contribution in [-0.2, 0) is 65.4 Å². The smallest absolute Gasteiger partial charge is 0.462 e. The lowest BCUT2D eigenvalue weighted by Gasteiger charge is -2.21. The van der Waals surface area contributed by atoms with Gasteiger partial charge in [0.2, 0.25) is 0 Å². The van der Waals surface area contributed by atoms with Crippen LogP contribution in [0.4, 0.5) is 0 Å². The first-order valence-electron chi connectivity index (χ1n) is 40.5. The normalized spacial score (nSPS) is 14.2. The quantitative estimate of drug-likeness (QED) is 0.0128. The van der Waals surface area contributed by atoms with Crippen molar-refractivity contribution in [3.63, 3.8) is 0 Å². The van der Waals surface area contributed by atoms with E-state index in [0.717, 1.165) is 154 Å². The number of aliphatic hydroxyl groups is 1. The highest BCUT2D eigenvalue weighted by Crippen LogP contribution is 2.45. The Labute approximate surface area is 610 Å². The largest absolute Gasteiger partial charge is 0.472 e. The lowest BCUT2D eigenvalue weighted by Crippen LogP contribution is -2.30. The van der Waals surface area contributed by atoms with Gasteiger partial charge in [-0.3, -0.25) is 37.3 Å². The molecule has 0 spiro atoms. The zero-order valence-corrected chi connectivity index (χ0v) is 65.7. The number of hydrogen-bond acceptors (Lipinski definition) is 15. The molecule has 0 heterocycles. The van der Waals surface area contributed by atoms with Gasteiger partial charge in [0, 0.05) is 25.7 Å². The van der Waals surface area contributed by atoms with Gasteiger partial charge >= 0.3 is 39.5 Å². The summed E-state index contributed by atoms with van der Waals surface area (Å²) in [6.45, 7) is 4.86. The second-order valence-corrected chi connectivity index (χ2v) is 30.3. The number of unbranched alkanes of at least 4 members (excludes halogenated alkanes) is 42. The highest BCUT2D eigenvalue weighted by atomic mass is 31.2. The number of esters is 4. The molecule has 0 amide bonds. The van der Waals surface area contributed by atoms with Crippen LogP contribution in [0.3, 0.4) is 0 Å². The number of phosphoric acid groups is 2. The summed E-state index contributed by atoms with van der Waals surface area (Å²) in [5, 5.41) is 10.6. The van der Waals surface area contributed by atoms with Gasteiger partial charge in [0.25, 0.3) is 0 Å². The molecule has 584 valence electrons. The molecule has 0 rings (SSSR count). The Balaban J connectivity index is 5.36. The molecule has 17 nitrogen and oxygen atoms in total. The van der Waals surface area contributed by atoms with Crippen LogP contribution in [0.15, 0.2) is 60.8 Å². The van der Waals surface area contributed by atoms with Crippen LogP contribution in [0.25, 0.3) is 0 Å². The first kappa shape index (κ1) is 96.8. The Morgan fingerprint density at radius 2 is 0.490 bits per heavy atom. The van der Waals surface area contributed by atoms with Crippen LogP contribution in [0.5, 0.6) is 0 Å². The molecule has 0 aliphatic heterocycles. The van der Waals surface area contributed by atoms with Crippen LogP contribution in [0, 0.1) is 0 Å². The number of aliphatic hydroxyl groups excluding tert-OH is 1. The number of phosphoric ester groups is 2. The van der Waals surface area contributed by atoms with E-state index in [4.69, 9.17) is 37.0 Å². The maximum absolute atomic E-state index is 13.1. The molecular weight excluding hydrogens is 1310 g/mol. The molecule has 0 bridgehead atoms. The maximum atomic E-state index is 13.1. The average Bonchev–Trinajstić information content (AvgIpc) is 1.25. The van der Waals surface area contributed by atoms with Crippen molar-refractivity contribution < 1.29 is 80.2 Å². The SMILES string of the molecule is CCCCCC/C=C\C=C/CCCCCCCC(=O)O[C@H](COC(=O)CCCCCCC/C=C\CCCCCCCC)COP(=O)(O)OC[C@@H](O)COP(=O)(O)OC[C@@H](COC(=O)CCCCCCC/C=C\CCCCCCCC)OC(=O)CCCCCCC/C=C\CCCCCCCC. The Morgan fingerprint density at radius 3 is 0.760 bits per heavy atom. The van der Waals surface area contributed by atoms with E-state index in [1.165, 1.54) is 141 Å². The van der Waals surface area contributed by atoms with Crippen LogP contribution < -0.4 is 0 Å². The predicted octanol–water partition coefficient (Wildman–Crippen LogP) is 23.5. The minimum absolute atomic E-state index is 0.0793. The molecule has 0 aromatic carbocycles. The van der Waals surface area contributed by atoms with E-state index in [2.05, 4.69) is 88.5 Å². The summed E-state index contributed by atoms with van der Waals surface area (Å²) in [4.78, 5) is 73.0. The third kappa shape index (κ3) is 73.1. The monoisotopic (exact) mass is 1460 g/mol. The van der Waals surface area contributed by atoms with Crippen molar-refractivity contribution in [1.82, 2.24) is 0 Å². The van der Waals surface area contributed by atoms with Gasteiger partial charge in [-0.2, -0.15) is 0 Å². The molecule has 0 radical (unpaired) electrons. The van der Waals surface area contributed by atoms with E-state index in [1.807, 2.05) is 0 Å². The fraction of sp³-hybridized carbons (Fsp3) is 0.827. The molecule has 0 saturated carbocycles. The molecule has 5 atom stereocenters. The van der Waals surface area contributed by atoms with Crippen LogP contribution in [-0.4, -0.2) is 96.7 Å². The first-order chi connectivity index (χ1) is 48.7. The number of carbonyl (C=O) groups excluding carboxylic acids is 4. The summed E-state index contributed by atoms with van der Waals surface area (Å²) in [5.41, 5.74) is 0. The number of carbonyl (C=O) groups is 4. The van der Waals surface area contributed by atoms with Gasteiger partial charge in [-0.15, -0.1) is 0 Å². The van der Waals surface area contributed by atoms with Gasteiger partial charge in [0.1, 0.15) is 19.3 Å². The van der Waals surface area contributed by atoms with E-state index < -0.39 is 97.5 Å². The molecule has 0 aliphatic carbocycles. The molecule has 0 saturated heterocycles. The molecule has 19 heteroatoms. The zero-order chi connectivity index (χ0) is 73.2. The number of hydrogen-bond donors (Lipinski definition) is 3. The number of rotatable bonds is 77. The van der Waals surface area contributed by atoms with E-state index in [1.54, 1.807) is 0 Å². The van der Waals surface area contributed by atoms with Gasteiger partial charge in [-0.25, -0.2) is 9.13 Å². The average molecular weight is 1460 g/mol. The molecule has 0 fully saturated rings. The summed E-state index contributed by atoms with van der Waals surface area (Å²) in [6.07, 6.45) is 73.3. The molecule has 0 aromatic rings. The number of allylic oxidation sites excluding steroid dienone is 10. The summed E-state index contributed by atoms with van der Waals surface area (Å²) >= 11 is 0. The van der Waals surface area contributed by atoms with Crippen molar-refractivity contribution >= 4 is 39.5 Å². The molecule has 0 aromatic heterocycles. The molecule has 100 heavy (non-hydrogen) atoms. The van der Waals surface area contributed by atoms with E-state index in [-0.39, 0.29) is 25.7 Å². The van der Waals surface area contributed by atoms with E-state index in [0.29, 0.717) is 25.7 Å². The molecular formula is C81H148O17P2. The Hall–Kier alpha value is -3.24. The standard InChI is InChI=1S/C81H148O17P2/c1-5-9-13-17-21-25-29-33-37-41-45-49-53-57-61-65-78(83)91-71-76(97-80(85)67-63-59-55-51-47-43-39-35-31-27-23-19-15-11-7-3)73-95-99(87,88)93-69-75(82)70-94-100(89,90)96-74-77(98-81(86)68-64-60-56-52-48-44-40-36-32-28-24-20-16-12-8-4)72-92-79(84)66-62-58-54-50-46-42-38-34-30-26-22-18-14-10-6-2/h27,31,33-40,75-77,82H,5-26,28-30,32,41-74H2,1-4H3,(H,87,88)(H,89,90)/b31-27-,37-33-,38-34-,39-35-,40-36-/t75-,76-,77-/m1/s1. The van der Waals surface area contributed by atoms with Crippen molar-refractivity contribution in [2.75, 3.05) is 39.6 Å². The van der Waals surface area contributed by atoms with Crippen LogP contribution in [0.2, 0.25) is 0 Å². The molecule has 0 aliphatic rings. The highest BCUT2D eigenvalue weighted by molar-refractivity contribution is 7.47. The van der Waals surface area contributed by atoms with E-state index >= 15 is 0 Å².